The third-order valence-corrected chi connectivity index (χ3v) is 5.02. The van der Waals surface area contributed by atoms with Crippen LogP contribution < -0.4 is 10.6 Å². The maximum Gasteiger partial charge on any atom is 0.191 e. The molecule has 2 rings (SSSR count). The van der Waals surface area contributed by atoms with Gasteiger partial charge >= 0.3 is 0 Å². The molecule has 0 radical (unpaired) electrons. The molecule has 0 saturated carbocycles. The number of rotatable bonds is 12. The van der Waals surface area contributed by atoms with E-state index in [-0.39, 0.29) is 24.0 Å². The summed E-state index contributed by atoms with van der Waals surface area (Å²) >= 11 is 0. The quantitative estimate of drug-likeness (QED) is 0.193. The van der Waals surface area contributed by atoms with Gasteiger partial charge in [-0.05, 0) is 38.7 Å². The number of aliphatic imine (C=N–C) groups is 1. The van der Waals surface area contributed by atoms with E-state index in [9.17, 15) is 0 Å². The Morgan fingerprint density at radius 1 is 1.17 bits per heavy atom. The Morgan fingerprint density at radius 3 is 2.69 bits per heavy atom. The van der Waals surface area contributed by atoms with Crippen molar-refractivity contribution in [2.75, 3.05) is 46.6 Å². The number of methoxy groups -OCH3 is 1. The monoisotopic (exact) mass is 518 g/mol. The Hall–Kier alpha value is -0.900. The molecule has 6 nitrogen and oxygen atoms in total. The molecule has 1 heterocycles. The van der Waals surface area contributed by atoms with Gasteiger partial charge in [-0.15, -0.1) is 24.0 Å². The van der Waals surface area contributed by atoms with E-state index in [4.69, 9.17) is 14.5 Å². The van der Waals surface area contributed by atoms with Gasteiger partial charge in [-0.25, -0.2) is 0 Å². The Kier molecular flexibility index (Phi) is 14.3. The van der Waals surface area contributed by atoms with Crippen LogP contribution in [0.25, 0.3) is 0 Å². The van der Waals surface area contributed by atoms with Gasteiger partial charge in [0.2, 0.25) is 0 Å². The van der Waals surface area contributed by atoms with E-state index in [0.29, 0.717) is 25.3 Å². The highest BCUT2D eigenvalue weighted by Gasteiger charge is 2.29. The number of hydrogen-bond acceptors (Lipinski definition) is 4. The van der Waals surface area contributed by atoms with Crippen molar-refractivity contribution in [3.8, 4) is 0 Å². The van der Waals surface area contributed by atoms with Crippen LogP contribution in [-0.4, -0.2) is 69.5 Å². The number of halogens is 1. The molecule has 1 aliphatic rings. The standard InChI is InChI=1S/C22H38N4O2.HI/c1-4-23-22(24-12-8-9-13-28-15-14-27-3)25-21-16-19(2)26(18-21)17-20-10-6-5-7-11-20;/h5-7,10-11,19,21H,4,8-9,12-18H2,1-3H3,(H2,23,24,25);1H. The molecule has 1 saturated heterocycles. The summed E-state index contributed by atoms with van der Waals surface area (Å²) in [6.07, 6.45) is 3.20. The van der Waals surface area contributed by atoms with Gasteiger partial charge in [0.05, 0.1) is 13.2 Å². The van der Waals surface area contributed by atoms with Gasteiger partial charge in [0, 0.05) is 52.0 Å². The number of ether oxygens (including phenoxy) is 2. The van der Waals surface area contributed by atoms with Gasteiger partial charge in [-0.2, -0.15) is 0 Å². The van der Waals surface area contributed by atoms with Crippen molar-refractivity contribution < 1.29 is 9.47 Å². The molecule has 2 unspecified atom stereocenters. The van der Waals surface area contributed by atoms with Crippen LogP contribution in [0.4, 0.5) is 0 Å². The van der Waals surface area contributed by atoms with Crippen molar-refractivity contribution in [2.45, 2.75) is 51.7 Å². The van der Waals surface area contributed by atoms with E-state index in [0.717, 1.165) is 58.0 Å². The van der Waals surface area contributed by atoms with E-state index < -0.39 is 0 Å². The molecule has 7 heteroatoms. The zero-order chi connectivity index (χ0) is 20.0. The second-order valence-corrected chi connectivity index (χ2v) is 7.41. The number of likely N-dealkylation sites (tertiary alicyclic amines) is 1. The van der Waals surface area contributed by atoms with Crippen LogP contribution in [0.15, 0.2) is 35.3 Å². The Labute approximate surface area is 193 Å². The summed E-state index contributed by atoms with van der Waals surface area (Å²) < 4.78 is 10.5. The minimum atomic E-state index is 0. The highest BCUT2D eigenvalue weighted by molar-refractivity contribution is 14.0. The molecule has 1 aliphatic heterocycles. The summed E-state index contributed by atoms with van der Waals surface area (Å²) in [4.78, 5) is 7.29. The molecule has 1 aromatic carbocycles. The molecule has 0 amide bonds. The summed E-state index contributed by atoms with van der Waals surface area (Å²) in [5.74, 6) is 0.932. The van der Waals surface area contributed by atoms with E-state index in [1.165, 1.54) is 5.56 Å². The van der Waals surface area contributed by atoms with E-state index in [2.05, 4.69) is 59.7 Å². The number of benzene rings is 1. The smallest absolute Gasteiger partial charge is 0.191 e. The molecule has 0 bridgehead atoms. The second-order valence-electron chi connectivity index (χ2n) is 7.41. The highest BCUT2D eigenvalue weighted by Crippen LogP contribution is 2.20. The van der Waals surface area contributed by atoms with Crippen LogP contribution in [0.1, 0.15) is 38.7 Å². The van der Waals surface area contributed by atoms with Gasteiger partial charge in [0.25, 0.3) is 0 Å². The first-order chi connectivity index (χ1) is 13.7. The topological polar surface area (TPSA) is 58.1 Å². The first kappa shape index (κ1) is 26.1. The predicted molar refractivity (Wildman–Crippen MR) is 131 cm³/mol. The van der Waals surface area contributed by atoms with Crippen LogP contribution in [0.2, 0.25) is 0 Å². The van der Waals surface area contributed by atoms with Gasteiger partial charge < -0.3 is 20.1 Å². The third kappa shape index (κ3) is 10.6. The van der Waals surface area contributed by atoms with Crippen molar-refractivity contribution in [1.82, 2.24) is 15.5 Å². The summed E-state index contributed by atoms with van der Waals surface area (Å²) in [5, 5.41) is 7.01. The van der Waals surface area contributed by atoms with E-state index in [1.807, 2.05) is 0 Å². The first-order valence-corrected chi connectivity index (χ1v) is 10.6. The number of unbranched alkanes of at least 4 members (excludes halogenated alkanes) is 1. The minimum Gasteiger partial charge on any atom is -0.382 e. The zero-order valence-corrected chi connectivity index (χ0v) is 20.6. The molecule has 0 aromatic heterocycles. The number of hydrogen-bond donors (Lipinski definition) is 2. The van der Waals surface area contributed by atoms with Crippen LogP contribution in [0.3, 0.4) is 0 Å². The van der Waals surface area contributed by atoms with Crippen LogP contribution in [0.5, 0.6) is 0 Å². The average Bonchev–Trinajstić information content (AvgIpc) is 3.03. The molecule has 2 N–H and O–H groups in total. The van der Waals surface area contributed by atoms with Crippen molar-refractivity contribution in [3.63, 3.8) is 0 Å². The van der Waals surface area contributed by atoms with Gasteiger partial charge in [-0.3, -0.25) is 9.89 Å². The van der Waals surface area contributed by atoms with Crippen molar-refractivity contribution in [2.24, 2.45) is 4.99 Å². The lowest BCUT2D eigenvalue weighted by Gasteiger charge is -2.21. The molecule has 29 heavy (non-hydrogen) atoms. The summed E-state index contributed by atoms with van der Waals surface area (Å²) in [5.41, 5.74) is 1.38. The maximum atomic E-state index is 5.50. The van der Waals surface area contributed by atoms with E-state index >= 15 is 0 Å². The van der Waals surface area contributed by atoms with E-state index in [1.54, 1.807) is 7.11 Å². The molecule has 0 spiro atoms. The fraction of sp³-hybridized carbons (Fsp3) is 0.682. The van der Waals surface area contributed by atoms with Crippen molar-refractivity contribution in [1.29, 1.82) is 0 Å². The molecular weight excluding hydrogens is 479 g/mol. The zero-order valence-electron chi connectivity index (χ0n) is 18.2. The van der Waals surface area contributed by atoms with Crippen molar-refractivity contribution in [3.05, 3.63) is 35.9 Å². The lowest BCUT2D eigenvalue weighted by molar-refractivity contribution is 0.0690. The lowest BCUT2D eigenvalue weighted by atomic mass is 10.2. The first-order valence-electron chi connectivity index (χ1n) is 10.6. The average molecular weight is 518 g/mol. The number of nitrogens with zero attached hydrogens (tertiary/aromatic N) is 2. The van der Waals surface area contributed by atoms with Gasteiger partial charge in [0.15, 0.2) is 5.96 Å². The highest BCUT2D eigenvalue weighted by atomic mass is 127. The van der Waals surface area contributed by atoms with Gasteiger partial charge in [-0.1, -0.05) is 30.3 Å². The Morgan fingerprint density at radius 2 is 1.97 bits per heavy atom. The predicted octanol–water partition coefficient (Wildman–Crippen LogP) is 3.27. The lowest BCUT2D eigenvalue weighted by Crippen LogP contribution is -2.44. The Balaban J connectivity index is 0.00000420. The molecular formula is C22H39IN4O2. The number of guanidine groups is 1. The second kappa shape index (κ2) is 15.9. The molecule has 1 fully saturated rings. The molecule has 1 aromatic rings. The summed E-state index contributed by atoms with van der Waals surface area (Å²) in [6, 6.07) is 11.7. The minimum absolute atomic E-state index is 0. The Bertz CT molecular complexity index is 559. The fourth-order valence-corrected chi connectivity index (χ4v) is 3.51. The summed E-state index contributed by atoms with van der Waals surface area (Å²) in [6.45, 7) is 10.3. The summed E-state index contributed by atoms with van der Waals surface area (Å²) in [7, 11) is 1.69. The molecule has 0 aliphatic carbocycles. The van der Waals surface area contributed by atoms with Crippen molar-refractivity contribution >= 4 is 29.9 Å². The van der Waals surface area contributed by atoms with Gasteiger partial charge in [0.1, 0.15) is 0 Å². The molecule has 2 atom stereocenters. The number of nitrogens with one attached hydrogen (secondary N) is 2. The largest absolute Gasteiger partial charge is 0.382 e. The molecule has 166 valence electrons. The third-order valence-electron chi connectivity index (χ3n) is 5.02. The normalized spacial score (nSPS) is 19.8. The fourth-order valence-electron chi connectivity index (χ4n) is 3.51. The van der Waals surface area contributed by atoms with Crippen LogP contribution in [0, 0.1) is 0 Å². The van der Waals surface area contributed by atoms with Crippen LogP contribution >= 0.6 is 24.0 Å². The maximum absolute atomic E-state index is 5.50. The van der Waals surface area contributed by atoms with Crippen LogP contribution in [-0.2, 0) is 16.0 Å². The SMILES string of the molecule is CCNC(=NCCCCOCCOC)NC1CC(C)N(Cc2ccccc2)C1.I.